The first kappa shape index (κ1) is 32.8. The maximum Gasteiger partial charge on any atom is 0.335 e. The van der Waals surface area contributed by atoms with E-state index in [2.05, 4.69) is 14.8 Å². The molecule has 252 valence electrons. The van der Waals surface area contributed by atoms with E-state index in [-0.39, 0.29) is 11.5 Å². The third-order valence-electron chi connectivity index (χ3n) is 9.64. The summed E-state index contributed by atoms with van der Waals surface area (Å²) in [6.07, 6.45) is 3.77. The smallest absolute Gasteiger partial charge is 0.335 e. The van der Waals surface area contributed by atoms with Gasteiger partial charge in [-0.05, 0) is 100 Å². The first-order chi connectivity index (χ1) is 23.5. The molecule has 2 N–H and O–H groups in total. The first-order valence-corrected chi connectivity index (χ1v) is 17.1. The number of hydrogen-bond acceptors (Lipinski definition) is 4. The second-order valence-corrected chi connectivity index (χ2v) is 13.7. The molecule has 0 radical (unpaired) electrons. The maximum atomic E-state index is 15.0. The zero-order chi connectivity index (χ0) is 34.7. The van der Waals surface area contributed by atoms with Gasteiger partial charge in [0.25, 0.3) is 5.91 Å². The molecule has 3 aromatic heterocycles. The minimum Gasteiger partial charge on any atom is -0.494 e. The SMILES string of the molecule is Cc1cc(OCCCc2c3n(c4c(-c5c(C)n[nH]c5C)c(Cl)ccc24)CCCN(c2cc(C(=O)O)cc4c2ccn4C)C3=O)cc(C)c1Cl. The van der Waals surface area contributed by atoms with Crippen molar-refractivity contribution in [3.05, 3.63) is 98.0 Å². The number of amides is 1. The number of aromatic nitrogens is 4. The molecule has 7 rings (SSSR count). The summed E-state index contributed by atoms with van der Waals surface area (Å²) >= 11 is 13.4. The summed E-state index contributed by atoms with van der Waals surface area (Å²) in [4.78, 5) is 29.0. The highest BCUT2D eigenvalue weighted by Crippen LogP contribution is 2.43. The van der Waals surface area contributed by atoms with Gasteiger partial charge in [-0.25, -0.2) is 4.79 Å². The van der Waals surface area contributed by atoms with Crippen molar-refractivity contribution in [3.63, 3.8) is 0 Å². The molecule has 1 aliphatic heterocycles. The summed E-state index contributed by atoms with van der Waals surface area (Å²) in [5, 5.41) is 20.6. The summed E-state index contributed by atoms with van der Waals surface area (Å²) < 4.78 is 10.2. The van der Waals surface area contributed by atoms with Gasteiger partial charge in [0.1, 0.15) is 11.4 Å². The molecule has 0 unspecified atom stereocenters. The second-order valence-electron chi connectivity index (χ2n) is 12.9. The van der Waals surface area contributed by atoms with E-state index in [0.717, 1.165) is 71.8 Å². The van der Waals surface area contributed by atoms with Crippen molar-refractivity contribution in [2.45, 2.75) is 53.5 Å². The number of aryl methyl sites for hydroxylation is 7. The van der Waals surface area contributed by atoms with Crippen LogP contribution in [0.15, 0.2) is 48.7 Å². The number of hydrogen-bond donors (Lipinski definition) is 2. The molecule has 0 fully saturated rings. The molecule has 49 heavy (non-hydrogen) atoms. The van der Waals surface area contributed by atoms with Gasteiger partial charge in [0, 0.05) is 58.9 Å². The molecule has 0 atom stereocenters. The highest BCUT2D eigenvalue weighted by Gasteiger charge is 2.33. The fourth-order valence-corrected chi connectivity index (χ4v) is 7.70. The molecule has 6 aromatic rings. The number of carboxylic acids is 1. The summed E-state index contributed by atoms with van der Waals surface area (Å²) in [5.41, 5.74) is 9.26. The Bertz CT molecular complexity index is 2270. The fraction of sp³-hybridized carbons (Fsp3) is 0.289. The molecule has 3 aromatic carbocycles. The fourth-order valence-electron chi connectivity index (χ4n) is 7.34. The normalized spacial score (nSPS) is 13.4. The molecule has 0 spiro atoms. The van der Waals surface area contributed by atoms with Crippen LogP contribution in [0.4, 0.5) is 5.69 Å². The molecular weight excluding hydrogens is 661 g/mol. The third-order valence-corrected chi connectivity index (χ3v) is 10.5. The van der Waals surface area contributed by atoms with Gasteiger partial charge in [-0.15, -0.1) is 0 Å². The van der Waals surface area contributed by atoms with E-state index in [1.807, 2.05) is 75.8 Å². The predicted octanol–water partition coefficient (Wildman–Crippen LogP) is 8.82. The van der Waals surface area contributed by atoms with Crippen molar-refractivity contribution >= 4 is 62.6 Å². The zero-order valence-corrected chi connectivity index (χ0v) is 29.6. The van der Waals surface area contributed by atoms with Crippen molar-refractivity contribution in [1.29, 1.82) is 0 Å². The van der Waals surface area contributed by atoms with E-state index < -0.39 is 5.97 Å². The van der Waals surface area contributed by atoms with Crippen molar-refractivity contribution in [1.82, 2.24) is 19.3 Å². The number of nitrogens with zero attached hydrogens (tertiary/aromatic N) is 4. The minimum atomic E-state index is -1.04. The van der Waals surface area contributed by atoms with Crippen LogP contribution < -0.4 is 9.64 Å². The van der Waals surface area contributed by atoms with E-state index in [1.54, 1.807) is 17.0 Å². The van der Waals surface area contributed by atoms with Crippen molar-refractivity contribution < 1.29 is 19.4 Å². The molecular formula is C38H37Cl2N5O4. The summed E-state index contributed by atoms with van der Waals surface area (Å²) in [6.45, 7) is 9.29. The Balaban J connectivity index is 1.37. The predicted molar refractivity (Wildman–Crippen MR) is 195 cm³/mol. The van der Waals surface area contributed by atoms with Gasteiger partial charge >= 0.3 is 5.97 Å². The lowest BCUT2D eigenvalue weighted by Crippen LogP contribution is -2.32. The largest absolute Gasteiger partial charge is 0.494 e. The molecule has 9 nitrogen and oxygen atoms in total. The lowest BCUT2D eigenvalue weighted by molar-refractivity contribution is 0.0696. The van der Waals surface area contributed by atoms with Gasteiger partial charge in [0.15, 0.2) is 0 Å². The van der Waals surface area contributed by atoms with Crippen LogP contribution in [0.3, 0.4) is 0 Å². The lowest BCUT2D eigenvalue weighted by Gasteiger charge is -2.23. The van der Waals surface area contributed by atoms with Crippen molar-refractivity contribution in [2.24, 2.45) is 7.05 Å². The van der Waals surface area contributed by atoms with Gasteiger partial charge in [-0.1, -0.05) is 29.3 Å². The molecule has 11 heteroatoms. The van der Waals surface area contributed by atoms with E-state index >= 15 is 0 Å². The number of benzene rings is 3. The van der Waals surface area contributed by atoms with Gasteiger partial charge < -0.3 is 23.9 Å². The van der Waals surface area contributed by atoms with Crippen LogP contribution in [-0.2, 0) is 20.0 Å². The molecule has 1 amide bonds. The highest BCUT2D eigenvalue weighted by molar-refractivity contribution is 6.35. The number of halogens is 2. The molecule has 0 aliphatic carbocycles. The van der Waals surface area contributed by atoms with Crippen LogP contribution in [0.5, 0.6) is 5.75 Å². The Morgan fingerprint density at radius 2 is 1.76 bits per heavy atom. The Morgan fingerprint density at radius 1 is 1.00 bits per heavy atom. The number of aromatic carboxylic acids is 1. The van der Waals surface area contributed by atoms with Crippen LogP contribution in [0.2, 0.25) is 10.0 Å². The van der Waals surface area contributed by atoms with E-state index in [0.29, 0.717) is 55.4 Å². The number of aromatic amines is 1. The Hall–Kier alpha value is -4.73. The molecule has 4 heterocycles. The Morgan fingerprint density at radius 3 is 2.45 bits per heavy atom. The standard InChI is InChI=1S/C38H37Cl2N5O4/c1-20-16-25(17-21(2)34(20)40)49-15-6-8-26-27-9-10-29(39)33(32-22(3)41-42-23(32)4)35(27)45-13-7-12-44(37(46)36(26)45)31-19-24(38(47)48)18-30-28(31)11-14-43(30)5/h9-11,14,16-19H,6-8,12-13,15H2,1-5H3,(H,41,42)(H,47,48). The van der Waals surface area contributed by atoms with Crippen LogP contribution >= 0.6 is 23.2 Å². The highest BCUT2D eigenvalue weighted by atomic mass is 35.5. The molecule has 1 aliphatic rings. The van der Waals surface area contributed by atoms with Gasteiger partial charge in [-0.3, -0.25) is 9.89 Å². The molecule has 0 saturated carbocycles. The number of nitrogens with one attached hydrogen (secondary N) is 1. The first-order valence-electron chi connectivity index (χ1n) is 16.4. The van der Waals surface area contributed by atoms with Crippen molar-refractivity contribution in [2.75, 3.05) is 18.1 Å². The van der Waals surface area contributed by atoms with E-state index in [4.69, 9.17) is 27.9 Å². The average Bonchev–Trinajstić information content (AvgIpc) is 3.67. The number of carbonyl (C=O) groups is 2. The number of carboxylic acid groups (broad SMARTS) is 1. The topological polar surface area (TPSA) is 105 Å². The summed E-state index contributed by atoms with van der Waals surface area (Å²) in [6, 6.07) is 13.0. The quantitative estimate of drug-likeness (QED) is 0.155. The zero-order valence-electron chi connectivity index (χ0n) is 28.1. The molecule has 0 bridgehead atoms. The number of ether oxygens (including phenoxy) is 1. The molecule has 0 saturated heterocycles. The third kappa shape index (κ3) is 5.55. The van der Waals surface area contributed by atoms with Crippen LogP contribution in [-0.4, -0.2) is 49.5 Å². The number of rotatable bonds is 8. The van der Waals surface area contributed by atoms with Gasteiger partial charge in [0.05, 0.1) is 39.6 Å². The van der Waals surface area contributed by atoms with Gasteiger partial charge in [-0.2, -0.15) is 5.10 Å². The van der Waals surface area contributed by atoms with Crippen LogP contribution in [0.25, 0.3) is 32.9 Å². The van der Waals surface area contributed by atoms with Crippen LogP contribution in [0.1, 0.15) is 61.8 Å². The second kappa shape index (κ2) is 12.6. The summed E-state index contributed by atoms with van der Waals surface area (Å²) in [5.74, 6) is -0.464. The lowest BCUT2D eigenvalue weighted by atomic mass is 9.98. The number of H-pyrrole nitrogens is 1. The van der Waals surface area contributed by atoms with Gasteiger partial charge in [0.2, 0.25) is 0 Å². The number of carbonyl (C=O) groups excluding carboxylic acids is 1. The van der Waals surface area contributed by atoms with E-state index in [1.165, 1.54) is 0 Å². The number of anilines is 1. The number of fused-ring (bicyclic) bond motifs is 4. The minimum absolute atomic E-state index is 0.131. The Kier molecular flexibility index (Phi) is 8.45. The summed E-state index contributed by atoms with van der Waals surface area (Å²) in [7, 11) is 1.87. The van der Waals surface area contributed by atoms with Crippen molar-refractivity contribution in [3.8, 4) is 16.9 Å². The van der Waals surface area contributed by atoms with E-state index in [9.17, 15) is 14.7 Å². The average molecular weight is 699 g/mol. The van der Waals surface area contributed by atoms with Crippen LogP contribution in [0, 0.1) is 27.7 Å². The Labute approximate surface area is 294 Å². The monoisotopic (exact) mass is 697 g/mol. The maximum absolute atomic E-state index is 15.0.